The molecule has 0 N–H and O–H groups in total. The normalized spacial score (nSPS) is 15.0. The Morgan fingerprint density at radius 2 is 1.67 bits per heavy atom. The van der Waals surface area contributed by atoms with Crippen LogP contribution in [0, 0.1) is 0 Å². The molecule has 1 aromatic heterocycles. The SMILES string of the molecule is CCCN(CCC)C(=O)c1cnc(N2CCCCC2)nc1. The van der Waals surface area contributed by atoms with Crippen LogP contribution in [0.5, 0.6) is 0 Å². The van der Waals surface area contributed by atoms with Crippen molar-refractivity contribution in [2.24, 2.45) is 0 Å². The highest BCUT2D eigenvalue weighted by Gasteiger charge is 2.17. The first-order valence-corrected chi connectivity index (χ1v) is 8.12. The lowest BCUT2D eigenvalue weighted by molar-refractivity contribution is 0.0754. The lowest BCUT2D eigenvalue weighted by Gasteiger charge is -2.26. The van der Waals surface area contributed by atoms with E-state index >= 15 is 0 Å². The summed E-state index contributed by atoms with van der Waals surface area (Å²) in [7, 11) is 0. The first-order chi connectivity index (χ1) is 10.3. The molecule has 1 aliphatic heterocycles. The number of nitrogens with zero attached hydrogens (tertiary/aromatic N) is 4. The molecular formula is C16H26N4O. The summed E-state index contributed by atoms with van der Waals surface area (Å²) in [6.45, 7) is 7.80. The van der Waals surface area contributed by atoms with E-state index in [1.54, 1.807) is 12.4 Å². The van der Waals surface area contributed by atoms with Gasteiger partial charge >= 0.3 is 0 Å². The van der Waals surface area contributed by atoms with Gasteiger partial charge in [0.05, 0.1) is 5.56 Å². The molecule has 1 aromatic rings. The number of carbonyl (C=O) groups is 1. The Kier molecular flexibility index (Phi) is 5.96. The average Bonchev–Trinajstić information content (AvgIpc) is 2.55. The highest BCUT2D eigenvalue weighted by molar-refractivity contribution is 5.93. The molecule has 0 aromatic carbocycles. The molecule has 2 heterocycles. The van der Waals surface area contributed by atoms with E-state index in [0.29, 0.717) is 5.56 Å². The largest absolute Gasteiger partial charge is 0.341 e. The first kappa shape index (κ1) is 15.7. The number of rotatable bonds is 6. The van der Waals surface area contributed by atoms with Crippen molar-refractivity contribution in [1.82, 2.24) is 14.9 Å². The summed E-state index contributed by atoms with van der Waals surface area (Å²) in [5, 5.41) is 0. The van der Waals surface area contributed by atoms with Gasteiger partial charge in [-0.1, -0.05) is 13.8 Å². The number of hydrogen-bond acceptors (Lipinski definition) is 4. The molecule has 5 nitrogen and oxygen atoms in total. The topological polar surface area (TPSA) is 49.3 Å². The van der Waals surface area contributed by atoms with E-state index < -0.39 is 0 Å². The molecule has 0 atom stereocenters. The maximum Gasteiger partial charge on any atom is 0.256 e. The van der Waals surface area contributed by atoms with Crippen LogP contribution in [0.4, 0.5) is 5.95 Å². The zero-order valence-corrected chi connectivity index (χ0v) is 13.2. The van der Waals surface area contributed by atoms with Crippen molar-refractivity contribution < 1.29 is 4.79 Å². The number of anilines is 1. The molecule has 1 fully saturated rings. The minimum Gasteiger partial charge on any atom is -0.341 e. The summed E-state index contributed by atoms with van der Waals surface area (Å²) in [6, 6.07) is 0. The Hall–Kier alpha value is -1.65. The number of hydrogen-bond donors (Lipinski definition) is 0. The number of amides is 1. The lowest BCUT2D eigenvalue weighted by atomic mass is 10.1. The van der Waals surface area contributed by atoms with Gasteiger partial charge in [-0.05, 0) is 32.1 Å². The van der Waals surface area contributed by atoms with Crippen LogP contribution in [-0.4, -0.2) is 47.0 Å². The van der Waals surface area contributed by atoms with Gasteiger partial charge in [0.2, 0.25) is 5.95 Å². The van der Waals surface area contributed by atoms with Crippen molar-refractivity contribution >= 4 is 11.9 Å². The summed E-state index contributed by atoms with van der Waals surface area (Å²) >= 11 is 0. The summed E-state index contributed by atoms with van der Waals surface area (Å²) in [6.07, 6.45) is 8.98. The van der Waals surface area contributed by atoms with Crippen molar-refractivity contribution in [3.8, 4) is 0 Å². The van der Waals surface area contributed by atoms with Crippen LogP contribution in [0.25, 0.3) is 0 Å². The Balaban J connectivity index is 2.04. The van der Waals surface area contributed by atoms with Crippen LogP contribution in [0.2, 0.25) is 0 Å². The molecular weight excluding hydrogens is 264 g/mol. The summed E-state index contributed by atoms with van der Waals surface area (Å²) < 4.78 is 0. The molecule has 1 aliphatic rings. The zero-order valence-electron chi connectivity index (χ0n) is 13.2. The minimum absolute atomic E-state index is 0.0453. The van der Waals surface area contributed by atoms with E-state index in [0.717, 1.165) is 45.0 Å². The van der Waals surface area contributed by atoms with Crippen LogP contribution < -0.4 is 4.90 Å². The Labute approximate surface area is 127 Å². The van der Waals surface area contributed by atoms with Crippen LogP contribution in [-0.2, 0) is 0 Å². The molecule has 2 rings (SSSR count). The second-order valence-corrected chi connectivity index (χ2v) is 5.61. The van der Waals surface area contributed by atoms with Gasteiger partial charge in [0.25, 0.3) is 5.91 Å². The molecule has 1 saturated heterocycles. The van der Waals surface area contributed by atoms with Gasteiger partial charge in [-0.2, -0.15) is 0 Å². The second kappa shape index (κ2) is 7.96. The molecule has 0 radical (unpaired) electrons. The fourth-order valence-corrected chi connectivity index (χ4v) is 2.73. The smallest absolute Gasteiger partial charge is 0.256 e. The Morgan fingerprint density at radius 3 is 2.19 bits per heavy atom. The van der Waals surface area contributed by atoms with Gasteiger partial charge < -0.3 is 9.80 Å². The second-order valence-electron chi connectivity index (χ2n) is 5.61. The molecule has 5 heteroatoms. The van der Waals surface area contributed by atoms with Crippen LogP contribution >= 0.6 is 0 Å². The molecule has 0 saturated carbocycles. The third-order valence-electron chi connectivity index (χ3n) is 3.80. The van der Waals surface area contributed by atoms with Crippen molar-refractivity contribution in [3.63, 3.8) is 0 Å². The van der Waals surface area contributed by atoms with Crippen molar-refractivity contribution in [3.05, 3.63) is 18.0 Å². The number of carbonyl (C=O) groups excluding carboxylic acids is 1. The predicted octanol–water partition coefficient (Wildman–Crippen LogP) is 2.73. The van der Waals surface area contributed by atoms with Gasteiger partial charge in [0, 0.05) is 38.6 Å². The highest BCUT2D eigenvalue weighted by Crippen LogP contribution is 2.15. The van der Waals surface area contributed by atoms with E-state index in [1.165, 1.54) is 19.3 Å². The number of piperidine rings is 1. The van der Waals surface area contributed by atoms with Crippen molar-refractivity contribution in [1.29, 1.82) is 0 Å². The van der Waals surface area contributed by atoms with E-state index in [2.05, 4.69) is 28.7 Å². The quantitative estimate of drug-likeness (QED) is 0.808. The predicted molar refractivity (Wildman–Crippen MR) is 84.6 cm³/mol. The summed E-state index contributed by atoms with van der Waals surface area (Å²) in [4.78, 5) is 25.3. The maximum atomic E-state index is 12.4. The third kappa shape index (κ3) is 4.16. The van der Waals surface area contributed by atoms with Gasteiger partial charge in [-0.3, -0.25) is 4.79 Å². The monoisotopic (exact) mass is 290 g/mol. The van der Waals surface area contributed by atoms with Crippen LogP contribution in [0.15, 0.2) is 12.4 Å². The lowest BCUT2D eigenvalue weighted by Crippen LogP contribution is -2.33. The maximum absolute atomic E-state index is 12.4. The van der Waals surface area contributed by atoms with E-state index in [1.807, 2.05) is 4.90 Å². The van der Waals surface area contributed by atoms with E-state index in [4.69, 9.17) is 0 Å². The molecule has 0 unspecified atom stereocenters. The molecule has 0 spiro atoms. The van der Waals surface area contributed by atoms with Crippen molar-refractivity contribution in [2.45, 2.75) is 46.0 Å². The number of aromatic nitrogens is 2. The summed E-state index contributed by atoms with van der Waals surface area (Å²) in [5.74, 6) is 0.799. The average molecular weight is 290 g/mol. The molecule has 21 heavy (non-hydrogen) atoms. The Bertz CT molecular complexity index is 434. The van der Waals surface area contributed by atoms with Gasteiger partial charge in [-0.15, -0.1) is 0 Å². The minimum atomic E-state index is 0.0453. The Morgan fingerprint density at radius 1 is 1.10 bits per heavy atom. The van der Waals surface area contributed by atoms with Gasteiger partial charge in [0.15, 0.2) is 0 Å². The third-order valence-corrected chi connectivity index (χ3v) is 3.80. The van der Waals surface area contributed by atoms with Crippen LogP contribution in [0.1, 0.15) is 56.3 Å². The summed E-state index contributed by atoms with van der Waals surface area (Å²) in [5.41, 5.74) is 0.595. The first-order valence-electron chi connectivity index (χ1n) is 8.12. The molecule has 1 amide bonds. The van der Waals surface area contributed by atoms with E-state index in [9.17, 15) is 4.79 Å². The standard InChI is InChI=1S/C16H26N4O/c1-3-8-19(9-4-2)15(21)14-12-17-16(18-13-14)20-10-6-5-7-11-20/h12-13H,3-11H2,1-2H3. The zero-order chi connectivity index (χ0) is 15.1. The molecule has 116 valence electrons. The van der Waals surface area contributed by atoms with E-state index in [-0.39, 0.29) is 5.91 Å². The molecule has 0 bridgehead atoms. The fourth-order valence-electron chi connectivity index (χ4n) is 2.73. The fraction of sp³-hybridized carbons (Fsp3) is 0.688. The van der Waals surface area contributed by atoms with Crippen LogP contribution in [0.3, 0.4) is 0 Å². The van der Waals surface area contributed by atoms with Crippen molar-refractivity contribution in [2.75, 3.05) is 31.1 Å². The molecule has 0 aliphatic carbocycles. The van der Waals surface area contributed by atoms with Gasteiger partial charge in [0.1, 0.15) is 0 Å². The highest BCUT2D eigenvalue weighted by atomic mass is 16.2. The van der Waals surface area contributed by atoms with Gasteiger partial charge in [-0.25, -0.2) is 9.97 Å².